The Kier molecular flexibility index (Phi) is 2.56. The van der Waals surface area contributed by atoms with Gasteiger partial charge in [0.15, 0.2) is 5.17 Å². The van der Waals surface area contributed by atoms with Crippen LogP contribution in [0.4, 0.5) is 0 Å². The van der Waals surface area contributed by atoms with E-state index in [-0.39, 0.29) is 11.1 Å². The van der Waals surface area contributed by atoms with Gasteiger partial charge in [0.1, 0.15) is 0 Å². The van der Waals surface area contributed by atoms with Crippen LogP contribution in [0.2, 0.25) is 0 Å². The molecule has 2 N–H and O–H groups in total. The van der Waals surface area contributed by atoms with E-state index < -0.39 is 0 Å². The third kappa shape index (κ3) is 1.98. The molecule has 88 valence electrons. The van der Waals surface area contributed by atoms with Crippen LogP contribution in [0.1, 0.15) is 5.56 Å². The van der Waals surface area contributed by atoms with Gasteiger partial charge in [-0.25, -0.2) is 0 Å². The van der Waals surface area contributed by atoms with E-state index in [1.165, 1.54) is 11.8 Å². The van der Waals surface area contributed by atoms with Gasteiger partial charge in [-0.15, -0.1) is 0 Å². The lowest BCUT2D eigenvalue weighted by Gasteiger charge is -1.98. The second-order valence-corrected chi connectivity index (χ2v) is 4.73. The van der Waals surface area contributed by atoms with Gasteiger partial charge in [-0.05, 0) is 35.5 Å². The molecule has 0 saturated carbocycles. The summed E-state index contributed by atoms with van der Waals surface area (Å²) >= 11 is 1.18. The van der Waals surface area contributed by atoms with E-state index >= 15 is 0 Å². The van der Waals surface area contributed by atoms with Crippen molar-refractivity contribution in [2.24, 2.45) is 10.7 Å². The first kappa shape index (κ1) is 10.9. The highest BCUT2D eigenvalue weighted by Crippen LogP contribution is 2.26. The number of carbonyl (C=O) groups is 1. The number of carbonyl (C=O) groups excluding carboxylic acids is 1. The summed E-state index contributed by atoms with van der Waals surface area (Å²) < 4.78 is 0. The van der Waals surface area contributed by atoms with E-state index in [9.17, 15) is 4.79 Å². The first-order valence-electron chi connectivity index (χ1n) is 5.21. The van der Waals surface area contributed by atoms with Crippen molar-refractivity contribution < 1.29 is 4.79 Å². The number of rotatable bonds is 1. The minimum Gasteiger partial charge on any atom is -0.378 e. The Bertz CT molecular complexity index is 708. The third-order valence-electron chi connectivity index (χ3n) is 2.43. The van der Waals surface area contributed by atoms with Crippen molar-refractivity contribution >= 4 is 39.9 Å². The zero-order valence-corrected chi connectivity index (χ0v) is 10.0. The summed E-state index contributed by atoms with van der Waals surface area (Å²) in [5.74, 6) is -0.295. The number of amides is 1. The Morgan fingerprint density at radius 1 is 1.17 bits per heavy atom. The summed E-state index contributed by atoms with van der Waals surface area (Å²) in [5.41, 5.74) is 7.98. The van der Waals surface area contributed by atoms with Crippen molar-refractivity contribution in [1.82, 2.24) is 9.97 Å². The summed E-state index contributed by atoms with van der Waals surface area (Å²) in [7, 11) is 0. The van der Waals surface area contributed by atoms with E-state index in [0.717, 1.165) is 16.6 Å². The number of nitrogens with two attached hydrogens (primary N) is 1. The highest BCUT2D eigenvalue weighted by Gasteiger charge is 2.19. The number of aliphatic imine (C=N–C) groups is 1. The van der Waals surface area contributed by atoms with Crippen LogP contribution in [-0.2, 0) is 4.79 Å². The van der Waals surface area contributed by atoms with Crippen LogP contribution < -0.4 is 5.73 Å². The van der Waals surface area contributed by atoms with E-state index in [2.05, 4.69) is 15.0 Å². The second-order valence-electron chi connectivity index (χ2n) is 3.67. The maximum Gasteiger partial charge on any atom is 0.286 e. The molecule has 5 nitrogen and oxygen atoms in total. The highest BCUT2D eigenvalue weighted by atomic mass is 32.2. The lowest BCUT2D eigenvalue weighted by atomic mass is 10.2. The van der Waals surface area contributed by atoms with Gasteiger partial charge in [0.05, 0.1) is 15.9 Å². The maximum absolute atomic E-state index is 11.5. The molecule has 0 saturated heterocycles. The lowest BCUT2D eigenvalue weighted by Crippen LogP contribution is -2.01. The third-order valence-corrected chi connectivity index (χ3v) is 3.24. The fourth-order valence-electron chi connectivity index (χ4n) is 1.65. The average Bonchev–Trinajstić information content (AvgIpc) is 2.68. The molecule has 1 aromatic heterocycles. The molecule has 1 amide bonds. The van der Waals surface area contributed by atoms with E-state index in [0.29, 0.717) is 4.91 Å². The molecular weight excluding hydrogens is 248 g/mol. The average molecular weight is 256 g/mol. The summed E-state index contributed by atoms with van der Waals surface area (Å²) in [4.78, 5) is 24.0. The molecule has 3 rings (SSSR count). The lowest BCUT2D eigenvalue weighted by molar-refractivity contribution is -0.113. The molecule has 0 atom stereocenters. The van der Waals surface area contributed by atoms with Gasteiger partial charge in [0, 0.05) is 12.4 Å². The summed E-state index contributed by atoms with van der Waals surface area (Å²) in [6.07, 6.45) is 5.03. The number of hydrogen-bond donors (Lipinski definition) is 1. The minimum atomic E-state index is -0.295. The molecule has 0 fully saturated rings. The second kappa shape index (κ2) is 4.23. The molecule has 0 bridgehead atoms. The van der Waals surface area contributed by atoms with E-state index in [1.54, 1.807) is 18.5 Å². The number of thioether (sulfide) groups is 1. The van der Waals surface area contributed by atoms with Gasteiger partial charge in [-0.1, -0.05) is 6.07 Å². The van der Waals surface area contributed by atoms with Gasteiger partial charge < -0.3 is 5.73 Å². The van der Waals surface area contributed by atoms with Gasteiger partial charge in [0.2, 0.25) is 0 Å². The highest BCUT2D eigenvalue weighted by molar-refractivity contribution is 8.18. The fourth-order valence-corrected chi connectivity index (χ4v) is 2.33. The number of nitrogens with zero attached hydrogens (tertiary/aromatic N) is 3. The molecule has 2 aromatic rings. The number of hydrogen-bond acceptors (Lipinski definition) is 5. The summed E-state index contributed by atoms with van der Waals surface area (Å²) in [5, 5.41) is 0.284. The molecule has 1 aliphatic rings. The zero-order valence-electron chi connectivity index (χ0n) is 9.20. The van der Waals surface area contributed by atoms with Gasteiger partial charge in [-0.2, -0.15) is 4.99 Å². The summed E-state index contributed by atoms with van der Waals surface area (Å²) in [6, 6.07) is 5.62. The van der Waals surface area contributed by atoms with Crippen LogP contribution in [-0.4, -0.2) is 21.0 Å². The molecule has 0 unspecified atom stereocenters. The Balaban J connectivity index is 2.01. The van der Waals surface area contributed by atoms with Crippen molar-refractivity contribution in [2.75, 3.05) is 0 Å². The standard InChI is InChI=1S/C12H8N4OS/c13-12-16-11(17)10(18-12)6-7-1-2-8-9(5-7)15-4-3-14-8/h1-6H,(H2,13,16,17)/b10-6+. The number of fused-ring (bicyclic) bond motifs is 1. The maximum atomic E-state index is 11.5. The first-order chi connectivity index (χ1) is 8.72. The molecule has 6 heteroatoms. The first-order valence-corrected chi connectivity index (χ1v) is 6.03. The van der Waals surface area contributed by atoms with Crippen molar-refractivity contribution in [3.63, 3.8) is 0 Å². The van der Waals surface area contributed by atoms with Crippen molar-refractivity contribution in [3.8, 4) is 0 Å². The quantitative estimate of drug-likeness (QED) is 0.783. The molecule has 0 aliphatic carbocycles. The molecule has 1 aromatic carbocycles. The van der Waals surface area contributed by atoms with E-state index in [1.807, 2.05) is 18.2 Å². The van der Waals surface area contributed by atoms with Crippen LogP contribution in [0.5, 0.6) is 0 Å². The Morgan fingerprint density at radius 3 is 2.67 bits per heavy atom. The van der Waals surface area contributed by atoms with Crippen LogP contribution in [0.25, 0.3) is 17.1 Å². The van der Waals surface area contributed by atoms with Crippen LogP contribution >= 0.6 is 11.8 Å². The van der Waals surface area contributed by atoms with Crippen molar-refractivity contribution in [2.45, 2.75) is 0 Å². The number of aromatic nitrogens is 2. The Labute approximate surface area is 107 Å². The molecule has 0 spiro atoms. The Hall–Kier alpha value is -2.21. The zero-order chi connectivity index (χ0) is 12.5. The topological polar surface area (TPSA) is 81.2 Å². The normalized spacial score (nSPS) is 17.4. The molecule has 0 radical (unpaired) electrons. The molecule has 1 aliphatic heterocycles. The molecule has 2 heterocycles. The number of benzene rings is 1. The number of amidine groups is 1. The van der Waals surface area contributed by atoms with Crippen molar-refractivity contribution in [1.29, 1.82) is 0 Å². The van der Waals surface area contributed by atoms with Gasteiger partial charge in [0.25, 0.3) is 5.91 Å². The predicted molar refractivity (Wildman–Crippen MR) is 71.7 cm³/mol. The van der Waals surface area contributed by atoms with Crippen molar-refractivity contribution in [3.05, 3.63) is 41.1 Å². The monoisotopic (exact) mass is 256 g/mol. The van der Waals surface area contributed by atoms with Gasteiger partial charge in [-0.3, -0.25) is 14.8 Å². The van der Waals surface area contributed by atoms with Gasteiger partial charge >= 0.3 is 0 Å². The molecular formula is C12H8N4OS. The van der Waals surface area contributed by atoms with E-state index in [4.69, 9.17) is 5.73 Å². The van der Waals surface area contributed by atoms with Crippen LogP contribution in [0.3, 0.4) is 0 Å². The minimum absolute atomic E-state index is 0.284. The van der Waals surface area contributed by atoms with Crippen LogP contribution in [0.15, 0.2) is 40.5 Å². The largest absolute Gasteiger partial charge is 0.378 e. The Morgan fingerprint density at radius 2 is 1.94 bits per heavy atom. The fraction of sp³-hybridized carbons (Fsp3) is 0. The smallest absolute Gasteiger partial charge is 0.286 e. The SMILES string of the molecule is NC1=NC(=O)/C(=C\c2ccc3nccnc3c2)S1. The summed E-state index contributed by atoms with van der Waals surface area (Å²) in [6.45, 7) is 0. The van der Waals surface area contributed by atoms with Crippen LogP contribution in [0, 0.1) is 0 Å². The predicted octanol–water partition coefficient (Wildman–Crippen LogP) is 1.56. The molecule has 18 heavy (non-hydrogen) atoms.